The third kappa shape index (κ3) is 4.66. The van der Waals surface area contributed by atoms with Crippen molar-refractivity contribution in [3.63, 3.8) is 0 Å². The third-order valence-corrected chi connectivity index (χ3v) is 2.32. The van der Waals surface area contributed by atoms with Crippen molar-refractivity contribution in [3.8, 4) is 0 Å². The van der Waals surface area contributed by atoms with Crippen molar-refractivity contribution < 1.29 is 14.3 Å². The van der Waals surface area contributed by atoms with Gasteiger partial charge < -0.3 is 15.4 Å². The van der Waals surface area contributed by atoms with E-state index in [4.69, 9.17) is 40.3 Å². The lowest BCUT2D eigenvalue weighted by molar-refractivity contribution is -0.131. The minimum Gasteiger partial charge on any atom is -0.445 e. The van der Waals surface area contributed by atoms with Gasteiger partial charge in [-0.3, -0.25) is 4.79 Å². The van der Waals surface area contributed by atoms with Crippen LogP contribution in [0, 0.1) is 0 Å². The third-order valence-electron chi connectivity index (χ3n) is 1.99. The summed E-state index contributed by atoms with van der Waals surface area (Å²) in [6.45, 7) is -0.420. The van der Waals surface area contributed by atoms with E-state index in [9.17, 15) is 9.59 Å². The van der Waals surface area contributed by atoms with Crippen molar-refractivity contribution in [3.05, 3.63) is 10.4 Å². The summed E-state index contributed by atoms with van der Waals surface area (Å²) in [4.78, 5) is 25.0. The van der Waals surface area contributed by atoms with Crippen LogP contribution in [0.1, 0.15) is 0 Å². The smallest absolute Gasteiger partial charge is 0.408 e. The molecule has 0 spiro atoms. The minimum atomic E-state index is -1.72. The molecule has 1 aliphatic heterocycles. The number of nitrogens with zero attached hydrogens (tertiary/aromatic N) is 3. The Balaban J connectivity index is 2.38. The summed E-state index contributed by atoms with van der Waals surface area (Å²) in [7, 11) is 0. The summed E-state index contributed by atoms with van der Waals surface area (Å²) in [5.41, 5.74) is 8.13. The normalized spacial score (nSPS) is 22.3. The monoisotopic (exact) mass is 315 g/mol. The Morgan fingerprint density at radius 1 is 1.61 bits per heavy atom. The number of azide groups is 1. The van der Waals surface area contributed by atoms with Crippen molar-refractivity contribution in [1.82, 2.24) is 10.6 Å². The summed E-state index contributed by atoms with van der Waals surface area (Å²) in [6.07, 6.45) is -0.896. The highest BCUT2D eigenvalue weighted by molar-refractivity contribution is 6.67. The van der Waals surface area contributed by atoms with Crippen LogP contribution in [0.3, 0.4) is 0 Å². The van der Waals surface area contributed by atoms with Gasteiger partial charge in [0.15, 0.2) is 0 Å². The Bertz CT molecular complexity index is 392. The van der Waals surface area contributed by atoms with Crippen LogP contribution in [-0.2, 0) is 9.53 Å². The Kier molecular flexibility index (Phi) is 5.15. The average molecular weight is 317 g/mol. The number of alkyl halides is 3. The average Bonchev–Trinajstić information content (AvgIpc) is 2.28. The summed E-state index contributed by atoms with van der Waals surface area (Å²) in [5.74, 6) is -0.404. The van der Waals surface area contributed by atoms with Crippen LogP contribution in [0.4, 0.5) is 4.79 Å². The van der Waals surface area contributed by atoms with Crippen molar-refractivity contribution in [2.75, 3.05) is 13.2 Å². The number of carbonyl (C=O) groups excluding carboxylic acids is 2. The van der Waals surface area contributed by atoms with Crippen LogP contribution in [0.25, 0.3) is 10.4 Å². The van der Waals surface area contributed by atoms with Gasteiger partial charge in [0.25, 0.3) is 0 Å². The standard InChI is InChI=1S/C7H8Cl3N5O3/c8-7(9,10)2-18-6(17)14-4-3(1-12-15-11)13-5(4)16/h3-4H,1-2H2,(H,13,16)(H,14,17)/t3-,4+/m0/s1. The molecule has 0 aromatic heterocycles. The van der Waals surface area contributed by atoms with E-state index in [1.54, 1.807) is 0 Å². The summed E-state index contributed by atoms with van der Waals surface area (Å²) < 4.78 is 2.87. The first-order chi connectivity index (χ1) is 8.33. The van der Waals surface area contributed by atoms with Crippen molar-refractivity contribution in [1.29, 1.82) is 0 Å². The van der Waals surface area contributed by atoms with Gasteiger partial charge in [-0.15, -0.1) is 0 Å². The van der Waals surface area contributed by atoms with Gasteiger partial charge >= 0.3 is 6.09 Å². The zero-order chi connectivity index (χ0) is 13.8. The van der Waals surface area contributed by atoms with Gasteiger partial charge in [0.05, 0.1) is 6.04 Å². The molecule has 2 N–H and O–H groups in total. The molecule has 0 aromatic rings. The first kappa shape index (κ1) is 15.0. The number of hydrogen-bond acceptors (Lipinski definition) is 4. The zero-order valence-corrected chi connectivity index (χ0v) is 11.0. The summed E-state index contributed by atoms with van der Waals surface area (Å²) in [5, 5.41) is 8.00. The molecule has 0 aliphatic carbocycles. The van der Waals surface area contributed by atoms with E-state index in [0.717, 1.165) is 0 Å². The number of rotatable bonds is 4. The molecular weight excluding hydrogens is 308 g/mol. The molecule has 1 fully saturated rings. The molecule has 0 unspecified atom stereocenters. The van der Waals surface area contributed by atoms with Crippen LogP contribution in [0.5, 0.6) is 0 Å². The van der Waals surface area contributed by atoms with Gasteiger partial charge in [-0.1, -0.05) is 39.9 Å². The first-order valence-corrected chi connectivity index (χ1v) is 5.78. The number of β-lactam (4-membered cyclic amide) rings is 1. The molecule has 1 heterocycles. The van der Waals surface area contributed by atoms with Crippen LogP contribution in [0.15, 0.2) is 5.11 Å². The van der Waals surface area contributed by atoms with Crippen molar-refractivity contribution in [2.45, 2.75) is 15.9 Å². The Morgan fingerprint density at radius 3 is 2.78 bits per heavy atom. The second-order valence-electron chi connectivity index (χ2n) is 3.34. The lowest BCUT2D eigenvalue weighted by atomic mass is 10.00. The van der Waals surface area contributed by atoms with Gasteiger partial charge in [0.2, 0.25) is 9.70 Å². The first-order valence-electron chi connectivity index (χ1n) is 4.65. The largest absolute Gasteiger partial charge is 0.445 e. The molecular formula is C7H8Cl3N5O3. The van der Waals surface area contributed by atoms with Crippen molar-refractivity contribution in [2.24, 2.45) is 5.11 Å². The number of hydrogen-bond donors (Lipinski definition) is 2. The highest BCUT2D eigenvalue weighted by Gasteiger charge is 2.40. The highest BCUT2D eigenvalue weighted by Crippen LogP contribution is 2.25. The van der Waals surface area contributed by atoms with E-state index in [1.807, 2.05) is 0 Å². The van der Waals surface area contributed by atoms with E-state index in [2.05, 4.69) is 25.4 Å². The molecule has 1 saturated heterocycles. The van der Waals surface area contributed by atoms with Crippen molar-refractivity contribution >= 4 is 46.8 Å². The molecule has 18 heavy (non-hydrogen) atoms. The number of amides is 2. The predicted molar refractivity (Wildman–Crippen MR) is 64.5 cm³/mol. The maximum Gasteiger partial charge on any atom is 0.408 e. The summed E-state index contributed by atoms with van der Waals surface area (Å²) >= 11 is 16.1. The molecule has 2 amide bonds. The minimum absolute atomic E-state index is 0.0254. The molecule has 0 saturated carbocycles. The molecule has 2 atom stereocenters. The number of carbonyl (C=O) groups is 2. The van der Waals surface area contributed by atoms with E-state index < -0.39 is 34.5 Å². The zero-order valence-electron chi connectivity index (χ0n) is 8.77. The molecule has 100 valence electrons. The maximum absolute atomic E-state index is 11.3. The fourth-order valence-electron chi connectivity index (χ4n) is 1.20. The van der Waals surface area contributed by atoms with Gasteiger partial charge in [-0.2, -0.15) is 0 Å². The number of ether oxygens (including phenoxy) is 1. The van der Waals surface area contributed by atoms with E-state index in [0.29, 0.717) is 0 Å². The second-order valence-corrected chi connectivity index (χ2v) is 5.86. The van der Waals surface area contributed by atoms with Gasteiger partial charge in [0, 0.05) is 11.5 Å². The summed E-state index contributed by atoms with van der Waals surface area (Å²) in [6, 6.07) is -1.29. The van der Waals surface area contributed by atoms with E-state index in [1.165, 1.54) is 0 Å². The number of halogens is 3. The Hall–Kier alpha value is -1.08. The quantitative estimate of drug-likeness (QED) is 0.267. The highest BCUT2D eigenvalue weighted by atomic mass is 35.6. The molecule has 1 aliphatic rings. The van der Waals surface area contributed by atoms with Crippen LogP contribution >= 0.6 is 34.8 Å². The molecule has 1 rings (SSSR count). The lowest BCUT2D eigenvalue weighted by Crippen LogP contribution is -2.70. The fourth-order valence-corrected chi connectivity index (χ4v) is 1.36. The molecule has 0 aromatic carbocycles. The van der Waals surface area contributed by atoms with E-state index in [-0.39, 0.29) is 6.54 Å². The topological polar surface area (TPSA) is 116 Å². The molecule has 11 heteroatoms. The Morgan fingerprint density at radius 2 is 2.28 bits per heavy atom. The molecule has 0 radical (unpaired) electrons. The fraction of sp³-hybridized carbons (Fsp3) is 0.714. The maximum atomic E-state index is 11.3. The molecule has 8 nitrogen and oxygen atoms in total. The Labute approximate surface area is 117 Å². The SMILES string of the molecule is [N-]=[N+]=NC[C@@H]1NC(=O)[C@@H]1NC(=O)OCC(Cl)(Cl)Cl. The second kappa shape index (κ2) is 6.19. The van der Waals surface area contributed by atoms with Gasteiger partial charge in [-0.05, 0) is 5.53 Å². The van der Waals surface area contributed by atoms with Crippen LogP contribution < -0.4 is 10.6 Å². The van der Waals surface area contributed by atoms with Crippen LogP contribution in [-0.4, -0.2) is 41.0 Å². The lowest BCUT2D eigenvalue weighted by Gasteiger charge is -2.35. The van der Waals surface area contributed by atoms with E-state index >= 15 is 0 Å². The predicted octanol–water partition coefficient (Wildman–Crippen LogP) is 1.26. The number of nitrogens with one attached hydrogen (secondary N) is 2. The number of alkyl carbamates (subject to hydrolysis) is 1. The molecule has 0 bridgehead atoms. The van der Waals surface area contributed by atoms with Gasteiger partial charge in [0.1, 0.15) is 12.6 Å². The van der Waals surface area contributed by atoms with Crippen LogP contribution in [0.2, 0.25) is 0 Å². The van der Waals surface area contributed by atoms with Gasteiger partial charge in [-0.25, -0.2) is 4.79 Å².